The molecule has 0 bridgehead atoms. The third-order valence-corrected chi connectivity index (χ3v) is 2.94. The maximum Gasteiger partial charge on any atom is 0.148 e. The molecule has 0 atom stereocenters. The molecule has 0 aliphatic carbocycles. The van der Waals surface area contributed by atoms with Crippen LogP contribution in [0, 0.1) is 0 Å². The van der Waals surface area contributed by atoms with E-state index in [4.69, 9.17) is 10.5 Å². The standard InChI is InChI=1S/C16H14N3O/c17-16-10-15(18-19-16)13-7-4-8-14(9-13)20-11-12-5-2-1-3-6-12/h1-10H,11H2,(H2,17,19). The van der Waals surface area contributed by atoms with Crippen molar-refractivity contribution in [3.63, 3.8) is 0 Å². The van der Waals surface area contributed by atoms with Gasteiger partial charge in [-0.05, 0) is 17.7 Å². The number of hydrogen-bond acceptors (Lipinski definition) is 3. The molecule has 1 radical (unpaired) electrons. The summed E-state index contributed by atoms with van der Waals surface area (Å²) in [5.41, 5.74) is 12.4. The van der Waals surface area contributed by atoms with Crippen molar-refractivity contribution < 1.29 is 4.74 Å². The van der Waals surface area contributed by atoms with Gasteiger partial charge in [0.15, 0.2) is 0 Å². The van der Waals surface area contributed by atoms with Gasteiger partial charge in [-0.15, -0.1) is 10.5 Å². The van der Waals surface area contributed by atoms with Crippen LogP contribution in [-0.2, 0) is 6.61 Å². The maximum absolute atomic E-state index is 5.78. The molecule has 0 amide bonds. The van der Waals surface area contributed by atoms with Gasteiger partial charge in [-0.3, -0.25) is 0 Å². The second kappa shape index (κ2) is 5.48. The van der Waals surface area contributed by atoms with Crippen LogP contribution in [0.5, 0.6) is 5.75 Å². The van der Waals surface area contributed by atoms with Crippen LogP contribution in [0.25, 0.3) is 5.70 Å². The van der Waals surface area contributed by atoms with Crippen molar-refractivity contribution in [2.45, 2.75) is 6.61 Å². The van der Waals surface area contributed by atoms with E-state index in [0.717, 1.165) is 22.6 Å². The molecule has 99 valence electrons. The summed E-state index contributed by atoms with van der Waals surface area (Å²) in [7, 11) is 0. The fourth-order valence-corrected chi connectivity index (χ4v) is 1.94. The van der Waals surface area contributed by atoms with Crippen LogP contribution >= 0.6 is 0 Å². The minimum absolute atomic E-state index is 0.426. The Balaban J connectivity index is 1.71. The lowest BCUT2D eigenvalue weighted by molar-refractivity contribution is 0.306. The molecule has 0 saturated carbocycles. The number of nitrogens with zero attached hydrogens (tertiary/aromatic N) is 2. The Morgan fingerprint density at radius 3 is 2.60 bits per heavy atom. The van der Waals surface area contributed by atoms with Crippen molar-refractivity contribution in [3.8, 4) is 5.75 Å². The molecule has 1 aliphatic heterocycles. The van der Waals surface area contributed by atoms with Crippen LogP contribution in [0.1, 0.15) is 11.1 Å². The molecule has 2 aromatic rings. The molecule has 20 heavy (non-hydrogen) atoms. The van der Waals surface area contributed by atoms with Crippen molar-refractivity contribution in [3.05, 3.63) is 71.8 Å². The number of benzene rings is 2. The Bertz CT molecular complexity index is 662. The predicted octanol–water partition coefficient (Wildman–Crippen LogP) is 2.50. The number of hydrogen-bond donors (Lipinski definition) is 1. The average Bonchev–Trinajstić information content (AvgIpc) is 2.93. The summed E-state index contributed by atoms with van der Waals surface area (Å²) in [6.07, 6.45) is 1.75. The Kier molecular flexibility index (Phi) is 3.37. The molecule has 3 rings (SSSR count). The van der Waals surface area contributed by atoms with Crippen LogP contribution in [-0.4, -0.2) is 5.84 Å². The topological polar surface area (TPSA) is 61.7 Å². The molecule has 0 aromatic heterocycles. The van der Waals surface area contributed by atoms with E-state index < -0.39 is 0 Å². The highest BCUT2D eigenvalue weighted by molar-refractivity contribution is 6.00. The summed E-state index contributed by atoms with van der Waals surface area (Å²) < 4.78 is 5.78. The summed E-state index contributed by atoms with van der Waals surface area (Å²) in [4.78, 5) is 0. The van der Waals surface area contributed by atoms with E-state index >= 15 is 0 Å². The van der Waals surface area contributed by atoms with Crippen LogP contribution in [0.4, 0.5) is 0 Å². The lowest BCUT2D eigenvalue weighted by Gasteiger charge is -2.08. The second-order valence-corrected chi connectivity index (χ2v) is 4.46. The van der Waals surface area contributed by atoms with E-state index in [0.29, 0.717) is 12.4 Å². The minimum atomic E-state index is 0.426. The quantitative estimate of drug-likeness (QED) is 0.922. The highest BCUT2D eigenvalue weighted by Gasteiger charge is 2.10. The second-order valence-electron chi connectivity index (χ2n) is 4.46. The predicted molar refractivity (Wildman–Crippen MR) is 78.9 cm³/mol. The summed E-state index contributed by atoms with van der Waals surface area (Å²) in [6, 6.07) is 17.8. The van der Waals surface area contributed by atoms with Crippen molar-refractivity contribution in [2.24, 2.45) is 10.8 Å². The van der Waals surface area contributed by atoms with Crippen molar-refractivity contribution >= 4 is 11.5 Å². The van der Waals surface area contributed by atoms with Crippen molar-refractivity contribution in [1.82, 2.24) is 5.43 Å². The number of ether oxygens (including phenoxy) is 1. The fraction of sp³-hybridized carbons (Fsp3) is 0.0625. The van der Waals surface area contributed by atoms with Crippen molar-refractivity contribution in [1.29, 1.82) is 0 Å². The van der Waals surface area contributed by atoms with Gasteiger partial charge in [0.25, 0.3) is 0 Å². The van der Waals surface area contributed by atoms with Gasteiger partial charge in [0.05, 0.1) is 5.70 Å². The third kappa shape index (κ3) is 2.80. The van der Waals surface area contributed by atoms with Gasteiger partial charge in [-0.1, -0.05) is 42.5 Å². The van der Waals surface area contributed by atoms with Gasteiger partial charge < -0.3 is 10.5 Å². The van der Waals surface area contributed by atoms with Crippen LogP contribution < -0.4 is 15.9 Å². The zero-order valence-corrected chi connectivity index (χ0v) is 10.9. The first-order valence-corrected chi connectivity index (χ1v) is 6.34. The Morgan fingerprint density at radius 1 is 1.00 bits per heavy atom. The van der Waals surface area contributed by atoms with E-state index in [9.17, 15) is 0 Å². The molecule has 0 fully saturated rings. The van der Waals surface area contributed by atoms with Crippen LogP contribution in [0.3, 0.4) is 0 Å². The van der Waals surface area contributed by atoms with Gasteiger partial charge >= 0.3 is 0 Å². The van der Waals surface area contributed by atoms with Crippen LogP contribution in [0.2, 0.25) is 0 Å². The first-order valence-electron chi connectivity index (χ1n) is 6.34. The summed E-state index contributed by atoms with van der Waals surface area (Å²) in [5.74, 6) is 1.23. The molecule has 4 heteroatoms. The van der Waals surface area contributed by atoms with Gasteiger partial charge in [0, 0.05) is 11.6 Å². The van der Waals surface area contributed by atoms with E-state index in [1.165, 1.54) is 0 Å². The van der Waals surface area contributed by atoms with Gasteiger partial charge in [0.2, 0.25) is 0 Å². The molecule has 0 unspecified atom stereocenters. The molecule has 4 nitrogen and oxygen atoms in total. The highest BCUT2D eigenvalue weighted by atomic mass is 16.5. The zero-order chi connectivity index (χ0) is 13.8. The molecule has 2 N–H and O–H groups in total. The summed E-state index contributed by atoms with van der Waals surface area (Å²) in [6.45, 7) is 0.541. The summed E-state index contributed by atoms with van der Waals surface area (Å²) >= 11 is 0. The maximum atomic E-state index is 5.78. The third-order valence-electron chi connectivity index (χ3n) is 2.94. The van der Waals surface area contributed by atoms with E-state index in [1.807, 2.05) is 54.6 Å². The lowest BCUT2D eigenvalue weighted by atomic mass is 10.1. The summed E-state index contributed by atoms with van der Waals surface area (Å²) in [5, 5.41) is 3.80. The monoisotopic (exact) mass is 264 g/mol. The minimum Gasteiger partial charge on any atom is -0.489 e. The zero-order valence-electron chi connectivity index (χ0n) is 10.9. The fourth-order valence-electron chi connectivity index (χ4n) is 1.94. The van der Waals surface area contributed by atoms with E-state index in [-0.39, 0.29) is 0 Å². The lowest BCUT2D eigenvalue weighted by Crippen LogP contribution is -2.04. The Labute approximate surface area is 117 Å². The first-order chi connectivity index (χ1) is 9.81. The molecule has 2 aromatic carbocycles. The molecule has 0 spiro atoms. The van der Waals surface area contributed by atoms with Gasteiger partial charge in [-0.25, -0.2) is 0 Å². The average molecular weight is 264 g/mol. The smallest absolute Gasteiger partial charge is 0.148 e. The van der Waals surface area contributed by atoms with Gasteiger partial charge in [0.1, 0.15) is 18.2 Å². The van der Waals surface area contributed by atoms with Gasteiger partial charge in [-0.2, -0.15) is 0 Å². The Hall–Kier alpha value is -2.75. The largest absolute Gasteiger partial charge is 0.489 e. The normalized spacial score (nSPS) is 13.4. The SMILES string of the molecule is NC1=N[N]C(c2cccc(OCc3ccccc3)c2)=C1. The Morgan fingerprint density at radius 2 is 1.85 bits per heavy atom. The molecule has 0 saturated heterocycles. The van der Waals surface area contributed by atoms with Crippen LogP contribution in [0.15, 0.2) is 65.8 Å². The first kappa shape index (κ1) is 12.3. The van der Waals surface area contributed by atoms with E-state index in [2.05, 4.69) is 10.5 Å². The number of rotatable bonds is 4. The molecular weight excluding hydrogens is 250 g/mol. The molecule has 1 heterocycles. The molecule has 1 aliphatic rings. The number of amidine groups is 1. The molecular formula is C16H14N3O. The van der Waals surface area contributed by atoms with Crippen molar-refractivity contribution in [2.75, 3.05) is 0 Å². The van der Waals surface area contributed by atoms with E-state index in [1.54, 1.807) is 6.08 Å². The number of nitrogens with two attached hydrogens (primary N) is 1. The highest BCUT2D eigenvalue weighted by Crippen LogP contribution is 2.21.